The number of nitrogen functional groups attached to an aromatic ring is 1. The third-order valence-electron chi connectivity index (χ3n) is 3.29. The van der Waals surface area contributed by atoms with Gasteiger partial charge in [0.15, 0.2) is 0 Å². The number of primary amides is 1. The minimum Gasteiger partial charge on any atom is -0.384 e. The summed E-state index contributed by atoms with van der Waals surface area (Å²) in [5.74, 6) is -0.174. The van der Waals surface area contributed by atoms with Crippen molar-refractivity contribution in [1.82, 2.24) is 4.98 Å². The maximum absolute atomic E-state index is 11.4. The van der Waals surface area contributed by atoms with Crippen LogP contribution in [0.4, 0.5) is 11.5 Å². The average molecular weight is 266 g/mol. The SMILES string of the molecule is CSC1CCCC1Nc1cnc(N)cc1C(N)=O. The van der Waals surface area contributed by atoms with Crippen LogP contribution >= 0.6 is 11.8 Å². The predicted octanol–water partition coefficient (Wildman–Crippen LogP) is 1.46. The third kappa shape index (κ3) is 2.69. The van der Waals surface area contributed by atoms with Gasteiger partial charge in [-0.25, -0.2) is 4.98 Å². The molecule has 18 heavy (non-hydrogen) atoms. The molecule has 2 rings (SSSR count). The van der Waals surface area contributed by atoms with Gasteiger partial charge in [-0.1, -0.05) is 6.42 Å². The molecule has 1 aromatic rings. The molecule has 0 radical (unpaired) electrons. The minimum absolute atomic E-state index is 0.308. The molecule has 5 nitrogen and oxygen atoms in total. The van der Waals surface area contributed by atoms with E-state index in [1.165, 1.54) is 18.9 Å². The monoisotopic (exact) mass is 266 g/mol. The smallest absolute Gasteiger partial charge is 0.250 e. The Kier molecular flexibility index (Phi) is 3.96. The van der Waals surface area contributed by atoms with Gasteiger partial charge in [0, 0.05) is 11.3 Å². The molecule has 1 aromatic heterocycles. The average Bonchev–Trinajstić information content (AvgIpc) is 2.78. The number of thioether (sulfide) groups is 1. The number of hydrogen-bond acceptors (Lipinski definition) is 5. The molecule has 2 unspecified atom stereocenters. The third-order valence-corrected chi connectivity index (χ3v) is 4.46. The normalized spacial score (nSPS) is 22.9. The molecule has 6 heteroatoms. The van der Waals surface area contributed by atoms with Crippen LogP contribution < -0.4 is 16.8 Å². The first kappa shape index (κ1) is 13.0. The predicted molar refractivity (Wildman–Crippen MR) is 75.7 cm³/mol. The van der Waals surface area contributed by atoms with Crippen molar-refractivity contribution in [2.45, 2.75) is 30.6 Å². The Morgan fingerprint density at radius 3 is 3.00 bits per heavy atom. The van der Waals surface area contributed by atoms with E-state index in [4.69, 9.17) is 11.5 Å². The Labute approximate surface area is 111 Å². The van der Waals surface area contributed by atoms with Crippen molar-refractivity contribution in [1.29, 1.82) is 0 Å². The van der Waals surface area contributed by atoms with E-state index in [1.807, 2.05) is 11.8 Å². The number of nitrogens with zero attached hydrogens (tertiary/aromatic N) is 1. The largest absolute Gasteiger partial charge is 0.384 e. The Balaban J connectivity index is 2.20. The van der Waals surface area contributed by atoms with Gasteiger partial charge in [0.2, 0.25) is 0 Å². The number of carbonyl (C=O) groups is 1. The highest BCUT2D eigenvalue weighted by Crippen LogP contribution is 2.31. The lowest BCUT2D eigenvalue weighted by Gasteiger charge is -2.21. The quantitative estimate of drug-likeness (QED) is 0.767. The van der Waals surface area contributed by atoms with E-state index in [-0.39, 0.29) is 0 Å². The fraction of sp³-hybridized carbons (Fsp3) is 0.500. The van der Waals surface area contributed by atoms with E-state index in [0.717, 1.165) is 6.42 Å². The summed E-state index contributed by atoms with van der Waals surface area (Å²) in [5, 5.41) is 3.95. The van der Waals surface area contributed by atoms with E-state index in [9.17, 15) is 4.79 Å². The first-order chi connectivity index (χ1) is 8.61. The van der Waals surface area contributed by atoms with E-state index < -0.39 is 5.91 Å². The number of amides is 1. The van der Waals surface area contributed by atoms with Crippen LogP contribution in [0.1, 0.15) is 29.6 Å². The lowest BCUT2D eigenvalue weighted by atomic mass is 10.1. The van der Waals surface area contributed by atoms with Crippen LogP contribution in [0.5, 0.6) is 0 Å². The fourth-order valence-electron chi connectivity index (χ4n) is 2.36. The van der Waals surface area contributed by atoms with Crippen LogP contribution in [0.3, 0.4) is 0 Å². The van der Waals surface area contributed by atoms with Crippen molar-refractivity contribution < 1.29 is 4.79 Å². The highest BCUT2D eigenvalue weighted by Gasteiger charge is 2.27. The van der Waals surface area contributed by atoms with Gasteiger partial charge in [0.1, 0.15) is 5.82 Å². The summed E-state index contributed by atoms with van der Waals surface area (Å²) < 4.78 is 0. The van der Waals surface area contributed by atoms with E-state index in [0.29, 0.717) is 28.4 Å². The van der Waals surface area contributed by atoms with Crippen molar-refractivity contribution in [2.24, 2.45) is 5.73 Å². The second-order valence-electron chi connectivity index (χ2n) is 4.47. The van der Waals surface area contributed by atoms with Crippen molar-refractivity contribution in [2.75, 3.05) is 17.3 Å². The second-order valence-corrected chi connectivity index (χ2v) is 5.55. The Bertz CT molecular complexity index is 452. The van der Waals surface area contributed by atoms with Crippen molar-refractivity contribution in [3.63, 3.8) is 0 Å². The number of carbonyl (C=O) groups excluding carboxylic acids is 1. The summed E-state index contributed by atoms with van der Waals surface area (Å²) >= 11 is 1.85. The summed E-state index contributed by atoms with van der Waals surface area (Å²) in [7, 11) is 0. The zero-order valence-corrected chi connectivity index (χ0v) is 11.2. The van der Waals surface area contributed by atoms with Gasteiger partial charge in [-0.15, -0.1) is 0 Å². The van der Waals surface area contributed by atoms with Crippen molar-refractivity contribution in [3.8, 4) is 0 Å². The molecule has 0 aromatic carbocycles. The number of hydrogen-bond donors (Lipinski definition) is 3. The topological polar surface area (TPSA) is 94.0 Å². The summed E-state index contributed by atoms with van der Waals surface area (Å²) in [6, 6.07) is 1.89. The number of pyridine rings is 1. The van der Waals surface area contributed by atoms with Crippen LogP contribution in [0, 0.1) is 0 Å². The van der Waals surface area contributed by atoms with Gasteiger partial charge in [0.05, 0.1) is 17.4 Å². The molecule has 98 valence electrons. The summed E-state index contributed by atoms with van der Waals surface area (Å²) in [4.78, 5) is 15.4. The van der Waals surface area contributed by atoms with E-state index in [2.05, 4.69) is 16.6 Å². The molecule has 1 heterocycles. The van der Waals surface area contributed by atoms with Crippen LogP contribution in [0.2, 0.25) is 0 Å². The lowest BCUT2D eigenvalue weighted by Crippen LogP contribution is -2.27. The number of nitrogens with two attached hydrogens (primary N) is 2. The van der Waals surface area contributed by atoms with Crippen LogP contribution in [0.15, 0.2) is 12.3 Å². The van der Waals surface area contributed by atoms with Crippen LogP contribution in [0.25, 0.3) is 0 Å². The molecule has 0 bridgehead atoms. The molecule has 1 aliphatic carbocycles. The van der Waals surface area contributed by atoms with E-state index >= 15 is 0 Å². The van der Waals surface area contributed by atoms with Gasteiger partial charge in [0.25, 0.3) is 5.91 Å². The number of nitrogens with one attached hydrogen (secondary N) is 1. The first-order valence-electron chi connectivity index (χ1n) is 5.96. The second kappa shape index (κ2) is 5.48. The Hall–Kier alpha value is -1.43. The standard InChI is InChI=1S/C12H18N4OS/c1-18-10-4-2-3-8(10)16-9-6-15-11(13)5-7(9)12(14)17/h5-6,8,10,16H,2-4H2,1H3,(H2,13,15)(H2,14,17). The molecule has 2 atom stereocenters. The number of anilines is 2. The van der Waals surface area contributed by atoms with Gasteiger partial charge in [-0.05, 0) is 25.2 Å². The maximum atomic E-state index is 11.4. The first-order valence-corrected chi connectivity index (χ1v) is 7.25. The highest BCUT2D eigenvalue weighted by molar-refractivity contribution is 7.99. The molecule has 0 aliphatic heterocycles. The highest BCUT2D eigenvalue weighted by atomic mass is 32.2. The molecule has 1 fully saturated rings. The van der Waals surface area contributed by atoms with Gasteiger partial charge in [-0.2, -0.15) is 11.8 Å². The molecule has 1 aliphatic rings. The molecule has 1 saturated carbocycles. The summed E-state index contributed by atoms with van der Waals surface area (Å²) in [6.07, 6.45) is 7.21. The summed E-state index contributed by atoms with van der Waals surface area (Å²) in [5.41, 5.74) is 12.0. The maximum Gasteiger partial charge on any atom is 0.250 e. The molecule has 5 N–H and O–H groups in total. The zero-order chi connectivity index (χ0) is 13.1. The Morgan fingerprint density at radius 2 is 2.33 bits per heavy atom. The van der Waals surface area contributed by atoms with Crippen molar-refractivity contribution >= 4 is 29.2 Å². The summed E-state index contributed by atoms with van der Waals surface area (Å²) in [6.45, 7) is 0. The minimum atomic E-state index is -0.481. The number of rotatable bonds is 4. The van der Waals surface area contributed by atoms with Gasteiger partial charge >= 0.3 is 0 Å². The van der Waals surface area contributed by atoms with E-state index in [1.54, 1.807) is 6.20 Å². The Morgan fingerprint density at radius 1 is 1.56 bits per heavy atom. The van der Waals surface area contributed by atoms with Gasteiger partial charge < -0.3 is 16.8 Å². The molecule has 0 saturated heterocycles. The molecule has 0 spiro atoms. The van der Waals surface area contributed by atoms with Crippen LogP contribution in [-0.2, 0) is 0 Å². The van der Waals surface area contributed by atoms with Gasteiger partial charge in [-0.3, -0.25) is 4.79 Å². The molecular weight excluding hydrogens is 248 g/mol. The number of aromatic nitrogens is 1. The molecule has 1 amide bonds. The fourth-order valence-corrected chi connectivity index (χ4v) is 3.30. The van der Waals surface area contributed by atoms with Crippen LogP contribution in [-0.4, -0.2) is 28.4 Å². The zero-order valence-electron chi connectivity index (χ0n) is 10.3. The van der Waals surface area contributed by atoms with Crippen molar-refractivity contribution in [3.05, 3.63) is 17.8 Å². The lowest BCUT2D eigenvalue weighted by molar-refractivity contribution is 0.100. The molecular formula is C12H18N4OS.